The summed E-state index contributed by atoms with van der Waals surface area (Å²) < 4.78 is 5.72. The van der Waals surface area contributed by atoms with E-state index in [1.807, 2.05) is 0 Å². The average Bonchev–Trinajstić information content (AvgIpc) is 2.48. The van der Waals surface area contributed by atoms with E-state index in [1.54, 1.807) is 0 Å². The third-order valence-corrected chi connectivity index (χ3v) is 5.79. The molecule has 2 fully saturated rings. The van der Waals surface area contributed by atoms with Crippen LogP contribution in [0.4, 0.5) is 0 Å². The molecular weight excluding hydrogens is 244 g/mol. The summed E-state index contributed by atoms with van der Waals surface area (Å²) >= 11 is 0. The molecule has 0 heterocycles. The fourth-order valence-corrected chi connectivity index (χ4v) is 4.17. The van der Waals surface area contributed by atoms with Gasteiger partial charge in [-0.3, -0.25) is 0 Å². The summed E-state index contributed by atoms with van der Waals surface area (Å²) in [5.41, 5.74) is 0. The lowest BCUT2D eigenvalue weighted by Crippen LogP contribution is -2.20. The smallest absolute Gasteiger partial charge is 0.0494 e. The highest BCUT2D eigenvalue weighted by atomic mass is 16.5. The van der Waals surface area contributed by atoms with E-state index in [0.29, 0.717) is 0 Å². The van der Waals surface area contributed by atoms with Gasteiger partial charge in [-0.15, -0.1) is 0 Å². The third-order valence-electron chi connectivity index (χ3n) is 5.79. The SMILES string of the molecule is CCCOC[C@H]1CC[C@H](CC[C@H]2CC[C@H](C)CC2)CC1. The first-order valence-corrected chi connectivity index (χ1v) is 9.35. The second kappa shape index (κ2) is 9.07. The molecule has 2 saturated carbocycles. The molecule has 0 saturated heterocycles. The maximum Gasteiger partial charge on any atom is 0.0494 e. The van der Waals surface area contributed by atoms with Gasteiger partial charge in [0.25, 0.3) is 0 Å². The van der Waals surface area contributed by atoms with Gasteiger partial charge in [0.1, 0.15) is 0 Å². The average molecular weight is 280 g/mol. The molecule has 0 atom stereocenters. The van der Waals surface area contributed by atoms with E-state index in [2.05, 4.69) is 13.8 Å². The van der Waals surface area contributed by atoms with E-state index in [-0.39, 0.29) is 0 Å². The van der Waals surface area contributed by atoms with Gasteiger partial charge in [0, 0.05) is 13.2 Å². The normalized spacial score (nSPS) is 35.1. The van der Waals surface area contributed by atoms with Crippen molar-refractivity contribution in [1.29, 1.82) is 0 Å². The first kappa shape index (κ1) is 16.3. The number of hydrogen-bond acceptors (Lipinski definition) is 1. The largest absolute Gasteiger partial charge is 0.381 e. The number of hydrogen-bond donors (Lipinski definition) is 0. The minimum Gasteiger partial charge on any atom is -0.381 e. The molecule has 0 aliphatic heterocycles. The van der Waals surface area contributed by atoms with Crippen LogP contribution in [0.15, 0.2) is 0 Å². The molecular formula is C19H36O. The number of ether oxygens (including phenoxy) is 1. The van der Waals surface area contributed by atoms with Gasteiger partial charge in [0.05, 0.1) is 0 Å². The van der Waals surface area contributed by atoms with Gasteiger partial charge in [0.15, 0.2) is 0 Å². The summed E-state index contributed by atoms with van der Waals surface area (Å²) in [5, 5.41) is 0. The fraction of sp³-hybridized carbons (Fsp3) is 1.00. The van der Waals surface area contributed by atoms with Crippen LogP contribution in [0.25, 0.3) is 0 Å². The highest BCUT2D eigenvalue weighted by Crippen LogP contribution is 2.36. The van der Waals surface area contributed by atoms with Crippen LogP contribution in [0.2, 0.25) is 0 Å². The molecule has 2 aliphatic carbocycles. The van der Waals surface area contributed by atoms with Crippen LogP contribution in [-0.4, -0.2) is 13.2 Å². The van der Waals surface area contributed by atoms with Crippen molar-refractivity contribution in [1.82, 2.24) is 0 Å². The summed E-state index contributed by atoms with van der Waals surface area (Å²) in [4.78, 5) is 0. The molecule has 0 bridgehead atoms. The molecule has 1 nitrogen and oxygen atoms in total. The van der Waals surface area contributed by atoms with Crippen molar-refractivity contribution in [2.75, 3.05) is 13.2 Å². The highest BCUT2D eigenvalue weighted by molar-refractivity contribution is 4.75. The Balaban J connectivity index is 1.53. The second-order valence-electron chi connectivity index (χ2n) is 7.66. The zero-order valence-electron chi connectivity index (χ0n) is 13.9. The summed E-state index contributed by atoms with van der Waals surface area (Å²) in [7, 11) is 0. The van der Waals surface area contributed by atoms with Gasteiger partial charge in [-0.2, -0.15) is 0 Å². The molecule has 118 valence electrons. The summed E-state index contributed by atoms with van der Waals surface area (Å²) in [5.74, 6) is 3.98. The van der Waals surface area contributed by atoms with E-state index in [1.165, 1.54) is 64.2 Å². The van der Waals surface area contributed by atoms with E-state index >= 15 is 0 Å². The van der Waals surface area contributed by atoms with Crippen molar-refractivity contribution in [2.45, 2.75) is 84.5 Å². The zero-order chi connectivity index (χ0) is 14.2. The zero-order valence-corrected chi connectivity index (χ0v) is 13.9. The lowest BCUT2D eigenvalue weighted by atomic mass is 9.76. The lowest BCUT2D eigenvalue weighted by Gasteiger charge is -2.31. The van der Waals surface area contributed by atoms with Gasteiger partial charge < -0.3 is 4.74 Å². The van der Waals surface area contributed by atoms with Gasteiger partial charge in [-0.05, 0) is 42.9 Å². The highest BCUT2D eigenvalue weighted by Gasteiger charge is 2.23. The Hall–Kier alpha value is -0.0400. The molecule has 0 radical (unpaired) electrons. The minimum atomic E-state index is 0.869. The molecule has 0 aromatic rings. The second-order valence-corrected chi connectivity index (χ2v) is 7.66. The minimum absolute atomic E-state index is 0.869. The maximum atomic E-state index is 5.72. The maximum absolute atomic E-state index is 5.72. The fourth-order valence-electron chi connectivity index (χ4n) is 4.17. The molecule has 0 aromatic carbocycles. The van der Waals surface area contributed by atoms with Crippen molar-refractivity contribution in [2.24, 2.45) is 23.7 Å². The van der Waals surface area contributed by atoms with Gasteiger partial charge in [0.2, 0.25) is 0 Å². The quantitative estimate of drug-likeness (QED) is 0.533. The number of rotatable bonds is 7. The molecule has 2 rings (SSSR count). The summed E-state index contributed by atoms with van der Waals surface area (Å²) in [6, 6.07) is 0. The standard InChI is InChI=1S/C19H36O/c1-3-14-20-15-19-12-10-18(11-13-19)9-8-17-6-4-16(2)5-7-17/h16-19H,3-15H2,1-2H3/t16-,17-,18-,19-. The Labute approximate surface area is 126 Å². The molecule has 0 N–H and O–H groups in total. The Morgan fingerprint density at radius 1 is 0.750 bits per heavy atom. The Bertz CT molecular complexity index is 234. The predicted octanol–water partition coefficient (Wildman–Crippen LogP) is 5.83. The van der Waals surface area contributed by atoms with Crippen molar-refractivity contribution in [3.63, 3.8) is 0 Å². The van der Waals surface area contributed by atoms with Crippen molar-refractivity contribution < 1.29 is 4.74 Å². The lowest BCUT2D eigenvalue weighted by molar-refractivity contribution is 0.0763. The van der Waals surface area contributed by atoms with E-state index in [0.717, 1.165) is 43.3 Å². The third kappa shape index (κ3) is 5.76. The first-order valence-electron chi connectivity index (χ1n) is 9.35. The predicted molar refractivity (Wildman–Crippen MR) is 86.9 cm³/mol. The van der Waals surface area contributed by atoms with Gasteiger partial charge in [-0.25, -0.2) is 0 Å². The van der Waals surface area contributed by atoms with Crippen molar-refractivity contribution >= 4 is 0 Å². The molecule has 20 heavy (non-hydrogen) atoms. The van der Waals surface area contributed by atoms with Crippen LogP contribution in [0, 0.1) is 23.7 Å². The molecule has 0 unspecified atom stereocenters. The Morgan fingerprint density at radius 3 is 1.80 bits per heavy atom. The monoisotopic (exact) mass is 280 g/mol. The summed E-state index contributed by atoms with van der Waals surface area (Å²) in [6.07, 6.45) is 16.0. The van der Waals surface area contributed by atoms with Crippen molar-refractivity contribution in [3.05, 3.63) is 0 Å². The van der Waals surface area contributed by atoms with Crippen LogP contribution in [-0.2, 0) is 4.74 Å². The van der Waals surface area contributed by atoms with Gasteiger partial charge >= 0.3 is 0 Å². The molecule has 2 aliphatic rings. The molecule has 0 spiro atoms. The van der Waals surface area contributed by atoms with Crippen LogP contribution in [0.3, 0.4) is 0 Å². The Kier molecular flexibility index (Phi) is 7.41. The van der Waals surface area contributed by atoms with E-state index in [4.69, 9.17) is 4.74 Å². The summed E-state index contributed by atoms with van der Waals surface area (Å²) in [6.45, 7) is 6.61. The van der Waals surface area contributed by atoms with E-state index < -0.39 is 0 Å². The van der Waals surface area contributed by atoms with Crippen LogP contribution >= 0.6 is 0 Å². The van der Waals surface area contributed by atoms with Crippen LogP contribution < -0.4 is 0 Å². The molecule has 0 amide bonds. The molecule has 1 heteroatoms. The topological polar surface area (TPSA) is 9.23 Å². The molecule has 0 aromatic heterocycles. The van der Waals surface area contributed by atoms with Gasteiger partial charge in [-0.1, -0.05) is 65.2 Å². The van der Waals surface area contributed by atoms with Crippen LogP contribution in [0.1, 0.15) is 84.5 Å². The van der Waals surface area contributed by atoms with Crippen molar-refractivity contribution in [3.8, 4) is 0 Å². The van der Waals surface area contributed by atoms with Crippen LogP contribution in [0.5, 0.6) is 0 Å². The Morgan fingerprint density at radius 2 is 1.25 bits per heavy atom. The first-order chi connectivity index (χ1) is 9.78. The van der Waals surface area contributed by atoms with E-state index in [9.17, 15) is 0 Å².